The quantitative estimate of drug-likeness (QED) is 0.862. The average molecular weight is 304 g/mol. The number of nitrogens with zero attached hydrogens (tertiary/aromatic N) is 1. The smallest absolute Gasteiger partial charge is 0.329 e. The van der Waals surface area contributed by atoms with Crippen molar-refractivity contribution in [2.24, 2.45) is 5.73 Å². The maximum atomic E-state index is 13.2. The number of nitrogens with two attached hydrogens (primary N) is 1. The average Bonchev–Trinajstić information content (AvgIpc) is 2.42. The molecule has 6 heteroatoms. The lowest BCUT2D eigenvalue weighted by atomic mass is 9.94. The van der Waals surface area contributed by atoms with Crippen LogP contribution < -0.4 is 5.73 Å². The van der Waals surface area contributed by atoms with Crippen LogP contribution in [-0.4, -0.2) is 24.0 Å². The molecule has 21 heavy (non-hydrogen) atoms. The first-order valence-corrected chi connectivity index (χ1v) is 7.17. The number of hydrogen-bond acceptors (Lipinski definition) is 2. The second-order valence-corrected chi connectivity index (χ2v) is 5.56. The highest BCUT2D eigenvalue weighted by Gasteiger charge is 2.37. The Hall–Kier alpha value is -1.14. The zero-order chi connectivity index (χ0) is 15.6. The molecule has 2 atom stereocenters. The zero-order valence-corrected chi connectivity index (χ0v) is 12.0. The van der Waals surface area contributed by atoms with Crippen LogP contribution in [0, 0.1) is 5.82 Å². The minimum Gasteiger partial charge on any atom is -0.329 e. The third kappa shape index (κ3) is 3.55. The molecule has 0 spiro atoms. The minimum atomic E-state index is -4.58. The first-order chi connectivity index (χ1) is 9.84. The van der Waals surface area contributed by atoms with Gasteiger partial charge < -0.3 is 5.73 Å². The largest absolute Gasteiger partial charge is 0.416 e. The molecule has 1 aliphatic heterocycles. The highest BCUT2D eigenvalue weighted by molar-refractivity contribution is 5.33. The predicted molar refractivity (Wildman–Crippen MR) is 73.2 cm³/mol. The van der Waals surface area contributed by atoms with E-state index in [9.17, 15) is 17.6 Å². The number of alkyl halides is 3. The molecule has 1 saturated heterocycles. The van der Waals surface area contributed by atoms with Gasteiger partial charge >= 0.3 is 6.18 Å². The third-order valence-corrected chi connectivity index (χ3v) is 4.16. The van der Waals surface area contributed by atoms with Crippen molar-refractivity contribution < 1.29 is 17.6 Å². The van der Waals surface area contributed by atoms with Gasteiger partial charge in [0.15, 0.2) is 0 Å². The Kier molecular flexibility index (Phi) is 4.88. The standard InChI is InChI=1S/C15H20F4N2/c1-10-4-2-3-7-21(10)14(9-20)12-6-5-11(16)8-13(12)15(17,18)19/h5-6,8,10,14H,2-4,7,9,20H2,1H3. The van der Waals surface area contributed by atoms with E-state index in [4.69, 9.17) is 5.73 Å². The fraction of sp³-hybridized carbons (Fsp3) is 0.600. The van der Waals surface area contributed by atoms with Crippen LogP contribution in [0.15, 0.2) is 18.2 Å². The van der Waals surface area contributed by atoms with E-state index in [-0.39, 0.29) is 18.2 Å². The Morgan fingerprint density at radius 3 is 2.62 bits per heavy atom. The van der Waals surface area contributed by atoms with E-state index >= 15 is 0 Å². The summed E-state index contributed by atoms with van der Waals surface area (Å²) in [5, 5.41) is 0. The lowest BCUT2D eigenvalue weighted by Crippen LogP contribution is -2.43. The molecule has 0 amide bonds. The molecule has 0 bridgehead atoms. The molecule has 1 heterocycles. The van der Waals surface area contributed by atoms with Crippen LogP contribution in [0.4, 0.5) is 17.6 Å². The zero-order valence-electron chi connectivity index (χ0n) is 12.0. The number of piperidine rings is 1. The van der Waals surface area contributed by atoms with Crippen LogP contribution in [0.3, 0.4) is 0 Å². The molecule has 2 rings (SSSR count). The number of hydrogen-bond donors (Lipinski definition) is 1. The molecule has 2 unspecified atom stereocenters. The Morgan fingerprint density at radius 2 is 2.05 bits per heavy atom. The van der Waals surface area contributed by atoms with Crippen molar-refractivity contribution in [2.45, 2.75) is 44.4 Å². The minimum absolute atomic E-state index is 0.0696. The van der Waals surface area contributed by atoms with Crippen molar-refractivity contribution in [3.63, 3.8) is 0 Å². The van der Waals surface area contributed by atoms with Gasteiger partial charge in [-0.05, 0) is 44.0 Å². The van der Waals surface area contributed by atoms with Crippen molar-refractivity contribution >= 4 is 0 Å². The maximum Gasteiger partial charge on any atom is 0.416 e. The summed E-state index contributed by atoms with van der Waals surface area (Å²) >= 11 is 0. The van der Waals surface area contributed by atoms with Crippen LogP contribution in [0.5, 0.6) is 0 Å². The Bertz CT molecular complexity index is 487. The van der Waals surface area contributed by atoms with Gasteiger partial charge in [0.05, 0.1) is 5.56 Å². The summed E-state index contributed by atoms with van der Waals surface area (Å²) in [6.07, 6.45) is -1.61. The first kappa shape index (κ1) is 16.2. The Morgan fingerprint density at radius 1 is 1.33 bits per heavy atom. The van der Waals surface area contributed by atoms with Crippen LogP contribution in [0.25, 0.3) is 0 Å². The molecule has 0 aliphatic carbocycles. The van der Waals surface area contributed by atoms with Crippen LogP contribution in [-0.2, 0) is 6.18 Å². The molecule has 118 valence electrons. The molecule has 0 aromatic heterocycles. The second-order valence-electron chi connectivity index (χ2n) is 5.56. The molecule has 2 N–H and O–H groups in total. The van der Waals surface area contributed by atoms with E-state index in [1.54, 1.807) is 0 Å². The number of likely N-dealkylation sites (tertiary alicyclic amines) is 1. The van der Waals surface area contributed by atoms with Gasteiger partial charge in [-0.3, -0.25) is 4.90 Å². The Labute approximate surface area is 121 Å². The van der Waals surface area contributed by atoms with E-state index in [0.29, 0.717) is 6.07 Å². The van der Waals surface area contributed by atoms with E-state index in [1.807, 2.05) is 11.8 Å². The van der Waals surface area contributed by atoms with Gasteiger partial charge in [-0.1, -0.05) is 12.5 Å². The van der Waals surface area contributed by atoms with Gasteiger partial charge in [0.1, 0.15) is 5.82 Å². The lowest BCUT2D eigenvalue weighted by molar-refractivity contribution is -0.139. The van der Waals surface area contributed by atoms with E-state index in [1.165, 1.54) is 6.07 Å². The maximum absolute atomic E-state index is 13.2. The molecule has 1 aromatic carbocycles. The van der Waals surface area contributed by atoms with Crippen LogP contribution in [0.2, 0.25) is 0 Å². The molecule has 1 aliphatic rings. The fourth-order valence-corrected chi connectivity index (χ4v) is 3.09. The number of benzene rings is 1. The summed E-state index contributed by atoms with van der Waals surface area (Å²) in [6, 6.07) is 2.50. The van der Waals surface area contributed by atoms with Gasteiger partial charge in [0, 0.05) is 18.6 Å². The van der Waals surface area contributed by atoms with Crippen molar-refractivity contribution in [1.29, 1.82) is 0 Å². The first-order valence-electron chi connectivity index (χ1n) is 7.17. The van der Waals surface area contributed by atoms with Gasteiger partial charge in [-0.2, -0.15) is 13.2 Å². The van der Waals surface area contributed by atoms with Gasteiger partial charge in [-0.25, -0.2) is 4.39 Å². The van der Waals surface area contributed by atoms with Crippen LogP contribution >= 0.6 is 0 Å². The van der Waals surface area contributed by atoms with Gasteiger partial charge in [0.25, 0.3) is 0 Å². The summed E-state index contributed by atoms with van der Waals surface area (Å²) in [6.45, 7) is 2.80. The molecular formula is C15H20F4N2. The monoisotopic (exact) mass is 304 g/mol. The molecule has 1 aromatic rings. The fourth-order valence-electron chi connectivity index (χ4n) is 3.09. The summed E-state index contributed by atoms with van der Waals surface area (Å²) in [4.78, 5) is 2.01. The molecule has 1 fully saturated rings. The summed E-state index contributed by atoms with van der Waals surface area (Å²) < 4.78 is 52.7. The number of halogens is 4. The van der Waals surface area contributed by atoms with Crippen molar-refractivity contribution in [3.05, 3.63) is 35.1 Å². The molecule has 0 saturated carbocycles. The number of rotatable bonds is 3. The SMILES string of the molecule is CC1CCCCN1C(CN)c1ccc(F)cc1C(F)(F)F. The Balaban J connectivity index is 2.42. The third-order valence-electron chi connectivity index (χ3n) is 4.16. The van der Waals surface area contributed by atoms with Gasteiger partial charge in [0.2, 0.25) is 0 Å². The van der Waals surface area contributed by atoms with Gasteiger partial charge in [-0.15, -0.1) is 0 Å². The second kappa shape index (κ2) is 6.32. The molecule has 2 nitrogen and oxygen atoms in total. The predicted octanol–water partition coefficient (Wildman–Crippen LogP) is 3.72. The summed E-state index contributed by atoms with van der Waals surface area (Å²) in [5.41, 5.74) is 4.89. The highest BCUT2D eigenvalue weighted by atomic mass is 19.4. The molecular weight excluding hydrogens is 284 g/mol. The normalized spacial score (nSPS) is 22.3. The van der Waals surface area contributed by atoms with Crippen molar-refractivity contribution in [1.82, 2.24) is 4.90 Å². The van der Waals surface area contributed by atoms with E-state index in [2.05, 4.69) is 0 Å². The highest BCUT2D eigenvalue weighted by Crippen LogP contribution is 2.38. The topological polar surface area (TPSA) is 29.3 Å². The lowest BCUT2D eigenvalue weighted by Gasteiger charge is -2.40. The molecule has 0 radical (unpaired) electrons. The summed E-state index contributed by atoms with van der Waals surface area (Å²) in [7, 11) is 0. The summed E-state index contributed by atoms with van der Waals surface area (Å²) in [5.74, 6) is -0.881. The van der Waals surface area contributed by atoms with Crippen molar-refractivity contribution in [2.75, 3.05) is 13.1 Å². The van der Waals surface area contributed by atoms with Crippen LogP contribution in [0.1, 0.15) is 43.4 Å². The van der Waals surface area contributed by atoms with Crippen molar-refractivity contribution in [3.8, 4) is 0 Å². The van der Waals surface area contributed by atoms with E-state index < -0.39 is 23.6 Å². The van der Waals surface area contributed by atoms with E-state index in [0.717, 1.165) is 31.9 Å².